The summed E-state index contributed by atoms with van der Waals surface area (Å²) in [5.74, 6) is -0.478. The van der Waals surface area contributed by atoms with Gasteiger partial charge in [0, 0.05) is 6.08 Å². The molecular weight excluding hydrogens is 321 g/mol. The molecule has 2 aromatic carbocycles. The largest absolute Gasteiger partial charge is 0.458 e. The Hall–Kier alpha value is -2.28. The van der Waals surface area contributed by atoms with E-state index in [1.54, 1.807) is 48.5 Å². The molecular formula is C17H11Cl2NO2. The van der Waals surface area contributed by atoms with Crippen molar-refractivity contribution < 1.29 is 9.53 Å². The Kier molecular flexibility index (Phi) is 5.60. The van der Waals surface area contributed by atoms with Crippen molar-refractivity contribution in [1.82, 2.24) is 0 Å². The molecule has 0 unspecified atom stereocenters. The van der Waals surface area contributed by atoms with Crippen molar-refractivity contribution in [2.75, 3.05) is 0 Å². The van der Waals surface area contributed by atoms with Gasteiger partial charge in [-0.15, -0.1) is 0 Å². The van der Waals surface area contributed by atoms with Crippen LogP contribution in [0.5, 0.6) is 0 Å². The smallest absolute Gasteiger partial charge is 0.331 e. The highest BCUT2D eigenvalue weighted by Crippen LogP contribution is 2.23. The minimum absolute atomic E-state index is 0.111. The van der Waals surface area contributed by atoms with E-state index in [0.29, 0.717) is 15.6 Å². The zero-order chi connectivity index (χ0) is 15.9. The molecule has 110 valence electrons. The number of benzene rings is 2. The van der Waals surface area contributed by atoms with Crippen LogP contribution in [-0.4, -0.2) is 5.97 Å². The predicted molar refractivity (Wildman–Crippen MR) is 86.4 cm³/mol. The highest BCUT2D eigenvalue weighted by molar-refractivity contribution is 6.42. The quantitative estimate of drug-likeness (QED) is 0.606. The molecule has 0 aliphatic rings. The van der Waals surface area contributed by atoms with E-state index in [1.165, 1.54) is 6.08 Å². The van der Waals surface area contributed by atoms with Gasteiger partial charge in [-0.25, -0.2) is 4.79 Å². The van der Waals surface area contributed by atoms with Gasteiger partial charge in [0.15, 0.2) is 0 Å². The van der Waals surface area contributed by atoms with Gasteiger partial charge in [0.2, 0.25) is 0 Å². The third-order valence-corrected chi connectivity index (χ3v) is 3.53. The summed E-state index contributed by atoms with van der Waals surface area (Å²) in [5, 5.41) is 9.68. The first-order valence-corrected chi connectivity index (χ1v) is 7.13. The average Bonchev–Trinajstić information content (AvgIpc) is 2.54. The second-order valence-corrected chi connectivity index (χ2v) is 5.24. The number of nitriles is 1. The molecule has 0 fully saturated rings. The van der Waals surface area contributed by atoms with Gasteiger partial charge in [-0.2, -0.15) is 5.26 Å². The van der Waals surface area contributed by atoms with Crippen LogP contribution in [0.1, 0.15) is 16.7 Å². The normalized spacial score (nSPS) is 10.4. The van der Waals surface area contributed by atoms with Crippen LogP contribution in [0.4, 0.5) is 0 Å². The molecule has 2 rings (SSSR count). The van der Waals surface area contributed by atoms with Gasteiger partial charge >= 0.3 is 5.97 Å². The maximum absolute atomic E-state index is 11.7. The Bertz CT molecular complexity index is 763. The van der Waals surface area contributed by atoms with E-state index in [0.717, 1.165) is 11.1 Å². The molecule has 0 saturated heterocycles. The Labute approximate surface area is 138 Å². The molecule has 22 heavy (non-hydrogen) atoms. The van der Waals surface area contributed by atoms with Crippen LogP contribution in [0.15, 0.2) is 48.5 Å². The van der Waals surface area contributed by atoms with Crippen molar-refractivity contribution in [3.63, 3.8) is 0 Å². The number of halogens is 2. The Morgan fingerprint density at radius 1 is 1.18 bits per heavy atom. The molecule has 0 aliphatic carbocycles. The SMILES string of the molecule is N#Cc1cccc(COC(=O)/C=C/c2ccc(Cl)c(Cl)c2)c1. The first kappa shape index (κ1) is 16.1. The van der Waals surface area contributed by atoms with Gasteiger partial charge in [-0.3, -0.25) is 0 Å². The highest BCUT2D eigenvalue weighted by Gasteiger charge is 2.01. The van der Waals surface area contributed by atoms with Crippen LogP contribution >= 0.6 is 23.2 Å². The van der Waals surface area contributed by atoms with E-state index in [1.807, 2.05) is 6.07 Å². The zero-order valence-corrected chi connectivity index (χ0v) is 12.9. The third-order valence-electron chi connectivity index (χ3n) is 2.79. The number of rotatable bonds is 4. The minimum atomic E-state index is -0.478. The lowest BCUT2D eigenvalue weighted by molar-refractivity contribution is -0.138. The van der Waals surface area contributed by atoms with Crippen LogP contribution in [0, 0.1) is 11.3 Å². The van der Waals surface area contributed by atoms with Crippen LogP contribution in [0.25, 0.3) is 6.08 Å². The van der Waals surface area contributed by atoms with E-state index in [2.05, 4.69) is 0 Å². The van der Waals surface area contributed by atoms with E-state index >= 15 is 0 Å². The first-order chi connectivity index (χ1) is 10.6. The lowest BCUT2D eigenvalue weighted by atomic mass is 10.1. The number of esters is 1. The topological polar surface area (TPSA) is 50.1 Å². The summed E-state index contributed by atoms with van der Waals surface area (Å²) in [7, 11) is 0. The molecule has 3 nitrogen and oxygen atoms in total. The van der Waals surface area contributed by atoms with E-state index in [-0.39, 0.29) is 6.61 Å². The summed E-state index contributed by atoms with van der Waals surface area (Å²) in [6.07, 6.45) is 2.91. The molecule has 0 aromatic heterocycles. The number of ether oxygens (including phenoxy) is 1. The van der Waals surface area contributed by atoms with Crippen molar-refractivity contribution >= 4 is 35.2 Å². The number of carbonyl (C=O) groups is 1. The predicted octanol–water partition coefficient (Wildman–Crippen LogP) is 4.62. The monoisotopic (exact) mass is 331 g/mol. The number of nitrogens with zero attached hydrogens (tertiary/aromatic N) is 1. The fraction of sp³-hybridized carbons (Fsp3) is 0.0588. The van der Waals surface area contributed by atoms with Gasteiger partial charge < -0.3 is 4.74 Å². The van der Waals surface area contributed by atoms with E-state index in [4.69, 9.17) is 33.2 Å². The van der Waals surface area contributed by atoms with Crippen molar-refractivity contribution in [2.24, 2.45) is 0 Å². The van der Waals surface area contributed by atoms with Crippen molar-refractivity contribution in [2.45, 2.75) is 6.61 Å². The van der Waals surface area contributed by atoms with Crippen molar-refractivity contribution in [3.8, 4) is 6.07 Å². The fourth-order valence-corrected chi connectivity index (χ4v) is 2.02. The molecule has 0 amide bonds. The van der Waals surface area contributed by atoms with Crippen molar-refractivity contribution in [1.29, 1.82) is 5.26 Å². The van der Waals surface area contributed by atoms with E-state index < -0.39 is 5.97 Å². The Balaban J connectivity index is 1.93. The second-order valence-electron chi connectivity index (χ2n) is 4.43. The van der Waals surface area contributed by atoms with Crippen molar-refractivity contribution in [3.05, 3.63) is 75.3 Å². The minimum Gasteiger partial charge on any atom is -0.458 e. The Morgan fingerprint density at radius 2 is 2.00 bits per heavy atom. The maximum Gasteiger partial charge on any atom is 0.331 e. The Morgan fingerprint density at radius 3 is 2.73 bits per heavy atom. The first-order valence-electron chi connectivity index (χ1n) is 6.37. The van der Waals surface area contributed by atoms with Crippen LogP contribution in [0.2, 0.25) is 10.0 Å². The molecule has 0 radical (unpaired) electrons. The molecule has 0 aliphatic heterocycles. The lowest BCUT2D eigenvalue weighted by Crippen LogP contribution is -2.00. The maximum atomic E-state index is 11.7. The zero-order valence-electron chi connectivity index (χ0n) is 11.4. The van der Waals surface area contributed by atoms with Gasteiger partial charge in [-0.1, -0.05) is 41.4 Å². The van der Waals surface area contributed by atoms with Gasteiger partial charge in [0.25, 0.3) is 0 Å². The summed E-state index contributed by atoms with van der Waals surface area (Å²) in [6, 6.07) is 14.0. The molecule has 0 spiro atoms. The molecule has 0 saturated carbocycles. The number of carbonyl (C=O) groups excluding carboxylic acids is 1. The van der Waals surface area contributed by atoms with E-state index in [9.17, 15) is 4.79 Å². The molecule has 0 bridgehead atoms. The second kappa shape index (κ2) is 7.65. The molecule has 5 heteroatoms. The van der Waals surface area contributed by atoms with Gasteiger partial charge in [0.1, 0.15) is 6.61 Å². The van der Waals surface area contributed by atoms with Crippen LogP contribution in [0.3, 0.4) is 0 Å². The summed E-state index contributed by atoms with van der Waals surface area (Å²) >= 11 is 11.7. The van der Waals surface area contributed by atoms with Crippen LogP contribution < -0.4 is 0 Å². The fourth-order valence-electron chi connectivity index (χ4n) is 1.71. The summed E-state index contributed by atoms with van der Waals surface area (Å²) < 4.78 is 5.11. The van der Waals surface area contributed by atoms with Gasteiger partial charge in [-0.05, 0) is 41.5 Å². The molecule has 0 N–H and O–H groups in total. The third kappa shape index (κ3) is 4.63. The average molecular weight is 332 g/mol. The van der Waals surface area contributed by atoms with Crippen LogP contribution in [-0.2, 0) is 16.1 Å². The summed E-state index contributed by atoms with van der Waals surface area (Å²) in [4.78, 5) is 11.7. The lowest BCUT2D eigenvalue weighted by Gasteiger charge is -2.02. The molecule has 0 heterocycles. The van der Waals surface area contributed by atoms with Gasteiger partial charge in [0.05, 0.1) is 21.7 Å². The standard InChI is InChI=1S/C17H11Cl2NO2/c18-15-6-4-12(9-16(15)19)5-7-17(21)22-11-14-3-1-2-13(8-14)10-20/h1-9H,11H2/b7-5+. The highest BCUT2D eigenvalue weighted by atomic mass is 35.5. The number of hydrogen-bond donors (Lipinski definition) is 0. The number of hydrogen-bond acceptors (Lipinski definition) is 3. The summed E-state index contributed by atoms with van der Waals surface area (Å²) in [6.45, 7) is 0.111. The summed E-state index contributed by atoms with van der Waals surface area (Å²) in [5.41, 5.74) is 2.04. The molecule has 0 atom stereocenters. The molecule has 2 aromatic rings.